The maximum atomic E-state index is 9.62. The smallest absolute Gasteiger partial charge is 0.0716 e. The van der Waals surface area contributed by atoms with E-state index in [0.29, 0.717) is 0 Å². The average Bonchev–Trinajstić information content (AvgIpc) is 1.87. The van der Waals surface area contributed by atoms with Gasteiger partial charge in [0.2, 0.25) is 0 Å². The van der Waals surface area contributed by atoms with Gasteiger partial charge in [0, 0.05) is 0 Å². The highest BCUT2D eigenvalue weighted by molar-refractivity contribution is 4.96. The summed E-state index contributed by atoms with van der Waals surface area (Å²) >= 11 is 0. The van der Waals surface area contributed by atoms with Gasteiger partial charge in [-0.05, 0) is 20.8 Å². The van der Waals surface area contributed by atoms with Gasteiger partial charge in [-0.15, -0.1) is 0 Å². The summed E-state index contributed by atoms with van der Waals surface area (Å²) in [4.78, 5) is 0. The normalized spacial score (nSPS) is 16.2. The molecule has 0 amide bonds. The molecule has 0 aliphatic carbocycles. The van der Waals surface area contributed by atoms with Crippen molar-refractivity contribution in [2.75, 3.05) is 13.2 Å². The maximum absolute atomic E-state index is 9.62. The third kappa shape index (κ3) is 1.77. The minimum Gasteiger partial charge on any atom is -0.395 e. The van der Waals surface area contributed by atoms with E-state index in [4.69, 9.17) is 10.2 Å². The van der Waals surface area contributed by atoms with E-state index in [1.807, 2.05) is 0 Å². The number of rotatable bonds is 4. The summed E-state index contributed by atoms with van der Waals surface area (Å²) in [5.41, 5.74) is -2.57. The van der Waals surface area contributed by atoms with Gasteiger partial charge < -0.3 is 20.4 Å². The van der Waals surface area contributed by atoms with E-state index < -0.39 is 30.3 Å². The van der Waals surface area contributed by atoms with Crippen molar-refractivity contribution in [3.8, 4) is 0 Å². The molecule has 4 heteroatoms. The van der Waals surface area contributed by atoms with E-state index >= 15 is 0 Å². The van der Waals surface area contributed by atoms with Gasteiger partial charge in [0.25, 0.3) is 0 Å². The molecule has 0 radical (unpaired) electrons. The molecule has 0 saturated carbocycles. The Bertz CT molecular complexity index is 132. The van der Waals surface area contributed by atoms with Gasteiger partial charge in [-0.2, -0.15) is 0 Å². The monoisotopic (exact) mass is 178 g/mol. The van der Waals surface area contributed by atoms with E-state index in [1.165, 1.54) is 20.8 Å². The van der Waals surface area contributed by atoms with Crippen molar-refractivity contribution >= 4 is 0 Å². The van der Waals surface area contributed by atoms with E-state index in [0.717, 1.165) is 0 Å². The van der Waals surface area contributed by atoms with Crippen LogP contribution in [0.3, 0.4) is 0 Å². The molecular weight excluding hydrogens is 160 g/mol. The summed E-state index contributed by atoms with van der Waals surface area (Å²) in [5.74, 6) is 0. The highest BCUT2D eigenvalue weighted by Crippen LogP contribution is 2.33. The molecule has 0 aliphatic heterocycles. The molecule has 0 aromatic rings. The highest BCUT2D eigenvalue weighted by Gasteiger charge is 2.47. The Morgan fingerprint density at radius 3 is 1.50 bits per heavy atom. The van der Waals surface area contributed by atoms with Crippen LogP contribution in [0.15, 0.2) is 0 Å². The summed E-state index contributed by atoms with van der Waals surface area (Å²) in [5, 5.41) is 36.9. The number of hydrogen-bond donors (Lipinski definition) is 4. The van der Waals surface area contributed by atoms with Crippen molar-refractivity contribution in [3.05, 3.63) is 0 Å². The lowest BCUT2D eigenvalue weighted by Crippen LogP contribution is -2.55. The van der Waals surface area contributed by atoms with Crippen LogP contribution < -0.4 is 0 Å². The minimum atomic E-state index is -1.31. The van der Waals surface area contributed by atoms with Crippen molar-refractivity contribution in [2.24, 2.45) is 5.41 Å². The van der Waals surface area contributed by atoms with Crippen molar-refractivity contribution in [1.82, 2.24) is 0 Å². The molecule has 4 N–H and O–H groups in total. The van der Waals surface area contributed by atoms with Crippen LogP contribution in [0.1, 0.15) is 20.8 Å². The van der Waals surface area contributed by atoms with Crippen molar-refractivity contribution in [1.29, 1.82) is 0 Å². The Morgan fingerprint density at radius 1 is 1.17 bits per heavy atom. The van der Waals surface area contributed by atoms with Crippen molar-refractivity contribution < 1.29 is 20.4 Å². The van der Waals surface area contributed by atoms with Crippen LogP contribution in [0, 0.1) is 5.41 Å². The highest BCUT2D eigenvalue weighted by atomic mass is 16.3. The molecule has 1 atom stereocenters. The molecule has 0 aliphatic rings. The quantitative estimate of drug-likeness (QED) is 0.450. The molecule has 0 saturated heterocycles. The van der Waals surface area contributed by atoms with Gasteiger partial charge in [0.15, 0.2) is 0 Å². The lowest BCUT2D eigenvalue weighted by molar-refractivity contribution is -0.162. The second-order valence-electron chi connectivity index (χ2n) is 3.71. The molecule has 0 bridgehead atoms. The van der Waals surface area contributed by atoms with Gasteiger partial charge in [-0.1, -0.05) is 0 Å². The van der Waals surface area contributed by atoms with Crippen molar-refractivity contribution in [2.45, 2.75) is 32.5 Å². The number of hydrogen-bond acceptors (Lipinski definition) is 4. The van der Waals surface area contributed by atoms with Crippen molar-refractivity contribution in [3.63, 3.8) is 0 Å². The Balaban J connectivity index is 4.83. The second kappa shape index (κ2) is 3.70. The lowest BCUT2D eigenvalue weighted by atomic mass is 9.71. The third-order valence-electron chi connectivity index (χ3n) is 2.58. The van der Waals surface area contributed by atoms with E-state index in [2.05, 4.69) is 0 Å². The third-order valence-corrected chi connectivity index (χ3v) is 2.58. The number of aliphatic hydroxyl groups excluding tert-OH is 3. The molecule has 74 valence electrons. The standard InChI is InChI=1S/C8H18O4/c1-6(11)8(4-9,5-10)7(2,3)12/h6,9-12H,4-5H2,1-3H3. The molecule has 0 aromatic carbocycles. The first-order valence-corrected chi connectivity index (χ1v) is 3.94. The topological polar surface area (TPSA) is 80.9 Å². The van der Waals surface area contributed by atoms with Crippen LogP contribution in [0.25, 0.3) is 0 Å². The predicted octanol–water partition coefficient (Wildman–Crippen LogP) is -0.891. The predicted molar refractivity (Wildman–Crippen MR) is 44.6 cm³/mol. The summed E-state index contributed by atoms with van der Waals surface area (Å²) in [6, 6.07) is 0. The van der Waals surface area contributed by atoms with E-state index in [9.17, 15) is 10.2 Å². The molecule has 0 aromatic heterocycles. The summed E-state index contributed by atoms with van der Waals surface area (Å²) < 4.78 is 0. The average molecular weight is 178 g/mol. The second-order valence-corrected chi connectivity index (χ2v) is 3.71. The summed E-state index contributed by atoms with van der Waals surface area (Å²) in [6.07, 6.45) is -0.965. The molecule has 0 heterocycles. The van der Waals surface area contributed by atoms with E-state index in [-0.39, 0.29) is 0 Å². The molecule has 4 nitrogen and oxygen atoms in total. The van der Waals surface area contributed by atoms with Gasteiger partial charge in [-0.3, -0.25) is 0 Å². The molecule has 0 fully saturated rings. The minimum absolute atomic E-state index is 0.454. The molecular formula is C8H18O4. The Hall–Kier alpha value is -0.160. The molecule has 0 rings (SSSR count). The molecule has 12 heavy (non-hydrogen) atoms. The zero-order chi connectivity index (χ0) is 9.99. The zero-order valence-electron chi connectivity index (χ0n) is 7.78. The van der Waals surface area contributed by atoms with Crippen LogP contribution in [0.4, 0.5) is 0 Å². The SMILES string of the molecule is CC(O)C(CO)(CO)C(C)(C)O. The molecule has 0 spiro atoms. The maximum Gasteiger partial charge on any atom is 0.0716 e. The summed E-state index contributed by atoms with van der Waals surface area (Å²) in [6.45, 7) is 3.43. The van der Waals surface area contributed by atoms with Gasteiger partial charge >= 0.3 is 0 Å². The van der Waals surface area contributed by atoms with Crippen LogP contribution in [-0.2, 0) is 0 Å². The fraction of sp³-hybridized carbons (Fsp3) is 1.00. The van der Waals surface area contributed by atoms with Crippen LogP contribution in [0.2, 0.25) is 0 Å². The largest absolute Gasteiger partial charge is 0.395 e. The van der Waals surface area contributed by atoms with Crippen LogP contribution in [0.5, 0.6) is 0 Å². The first-order valence-electron chi connectivity index (χ1n) is 3.94. The lowest BCUT2D eigenvalue weighted by Gasteiger charge is -2.42. The van der Waals surface area contributed by atoms with Gasteiger partial charge in [0.1, 0.15) is 0 Å². The Kier molecular flexibility index (Phi) is 3.65. The Morgan fingerprint density at radius 2 is 1.50 bits per heavy atom. The van der Waals surface area contributed by atoms with Crippen LogP contribution >= 0.6 is 0 Å². The van der Waals surface area contributed by atoms with E-state index in [1.54, 1.807) is 0 Å². The Labute approximate surface area is 72.5 Å². The fourth-order valence-electron chi connectivity index (χ4n) is 1.21. The van der Waals surface area contributed by atoms with Crippen LogP contribution in [-0.4, -0.2) is 45.3 Å². The zero-order valence-corrected chi connectivity index (χ0v) is 7.78. The van der Waals surface area contributed by atoms with Gasteiger partial charge in [0.05, 0.1) is 30.3 Å². The first-order chi connectivity index (χ1) is 5.31. The first kappa shape index (κ1) is 11.8. The number of aliphatic hydroxyl groups is 4. The summed E-state index contributed by atoms with van der Waals surface area (Å²) in [7, 11) is 0. The fourth-order valence-corrected chi connectivity index (χ4v) is 1.21. The van der Waals surface area contributed by atoms with Gasteiger partial charge in [-0.25, -0.2) is 0 Å². The molecule has 1 unspecified atom stereocenters.